The lowest BCUT2D eigenvalue weighted by molar-refractivity contribution is -0.125. The molecule has 0 saturated carbocycles. The smallest absolute Gasteiger partial charge is 0.407 e. The summed E-state index contributed by atoms with van der Waals surface area (Å²) in [6.07, 6.45) is 2.98. The Morgan fingerprint density at radius 1 is 1.22 bits per heavy atom. The largest absolute Gasteiger partial charge is 0.508 e. The molecule has 1 aliphatic heterocycles. The number of pyridine rings is 1. The molecule has 142 valence electrons. The fourth-order valence-electron chi connectivity index (χ4n) is 3.22. The first-order chi connectivity index (χ1) is 12.9. The van der Waals surface area contributed by atoms with E-state index in [0.717, 1.165) is 4.90 Å². The Morgan fingerprint density at radius 3 is 2.59 bits per heavy atom. The second kappa shape index (κ2) is 8.02. The third-order valence-electron chi connectivity index (χ3n) is 4.53. The molecule has 7 nitrogen and oxygen atoms in total. The van der Waals surface area contributed by atoms with Gasteiger partial charge in [-0.3, -0.25) is 14.7 Å². The molecule has 2 aromatic rings. The monoisotopic (exact) mass is 409 g/mol. The number of aromatic hydroxyl groups is 1. The minimum atomic E-state index is -1.14. The SMILES string of the molecule is O=C(NC(c1ccncc1)c1c(O)ccc(Cl)c1Cl)[C@H]1CCCN1C(=O)O. The zero-order valence-electron chi connectivity index (χ0n) is 14.1. The maximum Gasteiger partial charge on any atom is 0.407 e. The Bertz CT molecular complexity index is 863. The van der Waals surface area contributed by atoms with Crippen molar-refractivity contribution in [2.75, 3.05) is 6.54 Å². The van der Waals surface area contributed by atoms with Crippen molar-refractivity contribution in [2.24, 2.45) is 0 Å². The van der Waals surface area contributed by atoms with Crippen molar-refractivity contribution in [3.05, 3.63) is 57.8 Å². The average Bonchev–Trinajstić information content (AvgIpc) is 3.15. The van der Waals surface area contributed by atoms with Gasteiger partial charge in [0.2, 0.25) is 5.91 Å². The number of nitrogens with zero attached hydrogens (tertiary/aromatic N) is 2. The number of nitrogens with one attached hydrogen (secondary N) is 1. The van der Waals surface area contributed by atoms with E-state index in [-0.39, 0.29) is 21.4 Å². The third kappa shape index (κ3) is 3.94. The molecule has 1 unspecified atom stereocenters. The van der Waals surface area contributed by atoms with Crippen LogP contribution in [0.25, 0.3) is 0 Å². The number of phenols is 1. The number of hydrogen-bond acceptors (Lipinski definition) is 4. The first-order valence-electron chi connectivity index (χ1n) is 8.27. The van der Waals surface area contributed by atoms with Crippen LogP contribution in [-0.2, 0) is 4.79 Å². The lowest BCUT2D eigenvalue weighted by atomic mass is 9.97. The molecule has 2 amide bonds. The number of rotatable bonds is 4. The van der Waals surface area contributed by atoms with Crippen LogP contribution in [0, 0.1) is 0 Å². The van der Waals surface area contributed by atoms with Crippen LogP contribution in [-0.4, -0.2) is 44.7 Å². The molecule has 0 aliphatic carbocycles. The molecule has 2 atom stereocenters. The molecule has 27 heavy (non-hydrogen) atoms. The summed E-state index contributed by atoms with van der Waals surface area (Å²) in [4.78, 5) is 29.3. The van der Waals surface area contributed by atoms with Gasteiger partial charge in [-0.05, 0) is 42.7 Å². The topological polar surface area (TPSA) is 103 Å². The van der Waals surface area contributed by atoms with E-state index in [9.17, 15) is 19.8 Å². The number of hydrogen-bond donors (Lipinski definition) is 3. The highest BCUT2D eigenvalue weighted by atomic mass is 35.5. The van der Waals surface area contributed by atoms with Crippen LogP contribution in [0.3, 0.4) is 0 Å². The van der Waals surface area contributed by atoms with E-state index in [1.165, 1.54) is 12.1 Å². The number of amides is 2. The number of halogens is 2. The molecule has 1 aromatic carbocycles. The zero-order chi connectivity index (χ0) is 19.6. The Kier molecular flexibility index (Phi) is 5.72. The second-order valence-corrected chi connectivity index (χ2v) is 6.94. The third-order valence-corrected chi connectivity index (χ3v) is 5.34. The summed E-state index contributed by atoms with van der Waals surface area (Å²) >= 11 is 12.4. The number of likely N-dealkylation sites (tertiary alicyclic amines) is 1. The fourth-order valence-corrected chi connectivity index (χ4v) is 3.65. The lowest BCUT2D eigenvalue weighted by Crippen LogP contribution is -2.46. The average molecular weight is 410 g/mol. The van der Waals surface area contributed by atoms with Crippen LogP contribution < -0.4 is 5.32 Å². The molecular weight excluding hydrogens is 393 g/mol. The molecule has 0 spiro atoms. The highest BCUT2D eigenvalue weighted by molar-refractivity contribution is 6.42. The van der Waals surface area contributed by atoms with E-state index in [4.69, 9.17) is 23.2 Å². The van der Waals surface area contributed by atoms with Gasteiger partial charge in [-0.15, -0.1) is 0 Å². The number of carbonyl (C=O) groups excluding carboxylic acids is 1. The molecule has 9 heteroatoms. The maximum atomic E-state index is 12.8. The van der Waals surface area contributed by atoms with Gasteiger partial charge in [0.05, 0.1) is 16.1 Å². The summed E-state index contributed by atoms with van der Waals surface area (Å²) in [6, 6.07) is 4.58. The highest BCUT2D eigenvalue weighted by Gasteiger charge is 2.36. The zero-order valence-corrected chi connectivity index (χ0v) is 15.6. The molecule has 0 bridgehead atoms. The van der Waals surface area contributed by atoms with Crippen molar-refractivity contribution in [1.29, 1.82) is 0 Å². The van der Waals surface area contributed by atoms with E-state index in [1.807, 2.05) is 0 Å². The molecule has 1 aromatic heterocycles. The van der Waals surface area contributed by atoms with Gasteiger partial charge in [0.25, 0.3) is 0 Å². The van der Waals surface area contributed by atoms with E-state index < -0.39 is 24.1 Å². The molecule has 3 rings (SSSR count). The fraction of sp³-hybridized carbons (Fsp3) is 0.278. The summed E-state index contributed by atoms with van der Waals surface area (Å²) in [5.74, 6) is -0.597. The number of aromatic nitrogens is 1. The Labute approximate surface area is 165 Å². The number of phenolic OH excluding ortho intramolecular Hbond substituents is 1. The summed E-state index contributed by atoms with van der Waals surface area (Å²) in [7, 11) is 0. The van der Waals surface area contributed by atoms with E-state index in [0.29, 0.717) is 24.9 Å². The molecule has 1 saturated heterocycles. The van der Waals surface area contributed by atoms with Crippen molar-refractivity contribution in [3.8, 4) is 5.75 Å². The first-order valence-corrected chi connectivity index (χ1v) is 9.02. The minimum absolute atomic E-state index is 0.111. The quantitative estimate of drug-likeness (QED) is 0.717. The predicted molar refractivity (Wildman–Crippen MR) is 100 cm³/mol. The van der Waals surface area contributed by atoms with Crippen molar-refractivity contribution >= 4 is 35.2 Å². The summed E-state index contributed by atoms with van der Waals surface area (Å²) in [6.45, 7) is 0.302. The van der Waals surface area contributed by atoms with Crippen molar-refractivity contribution in [3.63, 3.8) is 0 Å². The molecule has 2 heterocycles. The molecule has 0 radical (unpaired) electrons. The summed E-state index contributed by atoms with van der Waals surface area (Å²) in [5, 5.41) is 22.8. The predicted octanol–water partition coefficient (Wildman–Crippen LogP) is 3.44. The van der Waals surface area contributed by atoms with Gasteiger partial charge < -0.3 is 15.5 Å². The summed E-state index contributed by atoms with van der Waals surface area (Å²) in [5.41, 5.74) is 0.862. The first kappa shape index (κ1) is 19.3. The van der Waals surface area contributed by atoms with E-state index in [1.54, 1.807) is 24.5 Å². The van der Waals surface area contributed by atoms with Crippen LogP contribution in [0.5, 0.6) is 5.75 Å². The van der Waals surface area contributed by atoms with Gasteiger partial charge >= 0.3 is 6.09 Å². The Hall–Kier alpha value is -2.51. The summed E-state index contributed by atoms with van der Waals surface area (Å²) < 4.78 is 0. The van der Waals surface area contributed by atoms with E-state index in [2.05, 4.69) is 10.3 Å². The van der Waals surface area contributed by atoms with Gasteiger partial charge in [0.15, 0.2) is 0 Å². The Morgan fingerprint density at radius 2 is 1.93 bits per heavy atom. The lowest BCUT2D eigenvalue weighted by Gasteiger charge is -2.26. The van der Waals surface area contributed by atoms with Gasteiger partial charge in [-0.2, -0.15) is 0 Å². The van der Waals surface area contributed by atoms with Crippen LogP contribution >= 0.6 is 23.2 Å². The normalized spacial score (nSPS) is 17.6. The van der Waals surface area contributed by atoms with Crippen molar-refractivity contribution < 1.29 is 19.8 Å². The van der Waals surface area contributed by atoms with Crippen molar-refractivity contribution in [1.82, 2.24) is 15.2 Å². The van der Waals surface area contributed by atoms with E-state index >= 15 is 0 Å². The molecule has 1 aliphatic rings. The minimum Gasteiger partial charge on any atom is -0.508 e. The number of benzene rings is 1. The Balaban J connectivity index is 1.99. The maximum absolute atomic E-state index is 12.8. The van der Waals surface area contributed by atoms with Crippen molar-refractivity contribution in [2.45, 2.75) is 24.9 Å². The van der Waals surface area contributed by atoms with Gasteiger partial charge in [0.1, 0.15) is 11.8 Å². The second-order valence-electron chi connectivity index (χ2n) is 6.15. The van der Waals surface area contributed by atoms with Gasteiger partial charge in [-0.25, -0.2) is 4.79 Å². The van der Waals surface area contributed by atoms with Crippen LogP contribution in [0.15, 0.2) is 36.7 Å². The number of carbonyl (C=O) groups is 2. The van der Waals surface area contributed by atoms with Gasteiger partial charge in [0, 0.05) is 24.5 Å². The van der Waals surface area contributed by atoms with Crippen LogP contribution in [0.2, 0.25) is 10.0 Å². The molecular formula is C18H17Cl2N3O4. The standard InChI is InChI=1S/C18H17Cl2N3O4/c19-11-3-4-13(24)14(15(11)20)16(10-5-7-21-8-6-10)22-17(25)12-2-1-9-23(12)18(26)27/h3-8,12,16,24H,1-2,9H2,(H,22,25)(H,26,27)/t12-,16?/m1/s1. The van der Waals surface area contributed by atoms with Crippen LogP contribution in [0.1, 0.15) is 30.0 Å². The van der Waals surface area contributed by atoms with Gasteiger partial charge in [-0.1, -0.05) is 23.2 Å². The molecule has 1 fully saturated rings. The number of carboxylic acid groups (broad SMARTS) is 1. The highest BCUT2D eigenvalue weighted by Crippen LogP contribution is 2.39. The molecule has 3 N–H and O–H groups in total. The van der Waals surface area contributed by atoms with Crippen LogP contribution in [0.4, 0.5) is 4.79 Å².